The van der Waals surface area contributed by atoms with E-state index in [0.29, 0.717) is 5.56 Å². The van der Waals surface area contributed by atoms with Crippen LogP contribution in [-0.2, 0) is 16.8 Å². The first-order chi connectivity index (χ1) is 11.5. The molecule has 6 heteroatoms. The van der Waals surface area contributed by atoms with E-state index < -0.39 is 16.9 Å². The lowest BCUT2D eigenvalue weighted by Gasteiger charge is -2.10. The van der Waals surface area contributed by atoms with Gasteiger partial charge in [-0.1, -0.05) is 18.2 Å². The van der Waals surface area contributed by atoms with Crippen molar-refractivity contribution < 1.29 is 13.2 Å². The minimum Gasteiger partial charge on any atom is -0.306 e. The second-order valence-corrected chi connectivity index (χ2v) is 6.29. The number of nitrogens with zero attached hydrogens (tertiary/aromatic N) is 2. The smallest absolute Gasteiger partial charge is 0.157 e. The van der Waals surface area contributed by atoms with Crippen LogP contribution in [0.25, 0.3) is 22.4 Å². The number of aromatic nitrogens is 2. The van der Waals surface area contributed by atoms with Gasteiger partial charge >= 0.3 is 0 Å². The van der Waals surface area contributed by atoms with Crippen molar-refractivity contribution in [3.05, 3.63) is 71.9 Å². The second-order valence-electron chi connectivity index (χ2n) is 5.36. The van der Waals surface area contributed by atoms with Crippen LogP contribution in [0.3, 0.4) is 0 Å². The van der Waals surface area contributed by atoms with E-state index in [0.717, 1.165) is 22.5 Å². The van der Waals surface area contributed by atoms with Crippen LogP contribution < -0.4 is 0 Å². The van der Waals surface area contributed by atoms with Gasteiger partial charge in [-0.05, 0) is 36.8 Å². The third-order valence-electron chi connectivity index (χ3n) is 3.63. The number of rotatable bonds is 4. The number of hydrogen-bond donors (Lipinski definition) is 1. The summed E-state index contributed by atoms with van der Waals surface area (Å²) in [6.45, 7) is 1.91. The predicted molar refractivity (Wildman–Crippen MR) is 92.1 cm³/mol. The van der Waals surface area contributed by atoms with Crippen molar-refractivity contribution in [2.75, 3.05) is 0 Å². The normalized spacial score (nSPS) is 12.1. The molecular formula is C18H15FN2O2S. The zero-order valence-corrected chi connectivity index (χ0v) is 13.8. The Morgan fingerprint density at radius 2 is 2.00 bits per heavy atom. The van der Waals surface area contributed by atoms with Crippen molar-refractivity contribution in [1.82, 2.24) is 9.97 Å². The highest BCUT2D eigenvalue weighted by Crippen LogP contribution is 2.31. The Kier molecular flexibility index (Phi) is 4.78. The van der Waals surface area contributed by atoms with Gasteiger partial charge in [-0.25, -0.2) is 8.60 Å². The van der Waals surface area contributed by atoms with Crippen molar-refractivity contribution >= 4 is 11.1 Å². The second kappa shape index (κ2) is 6.98. The zero-order chi connectivity index (χ0) is 17.1. The quantitative estimate of drug-likeness (QED) is 0.729. The van der Waals surface area contributed by atoms with Gasteiger partial charge in [0, 0.05) is 34.8 Å². The first kappa shape index (κ1) is 16.4. The largest absolute Gasteiger partial charge is 0.306 e. The molecule has 0 saturated heterocycles. The molecule has 0 spiro atoms. The number of aryl methyl sites for hydroxylation is 1. The van der Waals surface area contributed by atoms with Crippen LogP contribution >= 0.6 is 0 Å². The van der Waals surface area contributed by atoms with E-state index in [2.05, 4.69) is 9.97 Å². The van der Waals surface area contributed by atoms with E-state index in [1.165, 1.54) is 12.1 Å². The summed E-state index contributed by atoms with van der Waals surface area (Å²) in [5.74, 6) is -0.743. The van der Waals surface area contributed by atoms with E-state index in [1.807, 2.05) is 31.2 Å². The fourth-order valence-electron chi connectivity index (χ4n) is 2.51. The highest BCUT2D eigenvalue weighted by Gasteiger charge is 2.12. The molecule has 2 aromatic heterocycles. The summed E-state index contributed by atoms with van der Waals surface area (Å²) < 4.78 is 34.0. The number of pyridine rings is 2. The van der Waals surface area contributed by atoms with E-state index in [4.69, 9.17) is 4.55 Å². The molecule has 0 aliphatic carbocycles. The highest BCUT2D eigenvalue weighted by atomic mass is 32.2. The van der Waals surface area contributed by atoms with Gasteiger partial charge in [0.25, 0.3) is 0 Å². The maximum Gasteiger partial charge on any atom is 0.157 e. The number of benzene rings is 1. The molecule has 1 N–H and O–H groups in total. The number of hydrogen-bond acceptors (Lipinski definition) is 3. The van der Waals surface area contributed by atoms with Crippen molar-refractivity contribution in [1.29, 1.82) is 0 Å². The van der Waals surface area contributed by atoms with Crippen LogP contribution in [0, 0.1) is 12.7 Å². The van der Waals surface area contributed by atoms with Crippen LogP contribution in [0.4, 0.5) is 4.39 Å². The van der Waals surface area contributed by atoms with Gasteiger partial charge < -0.3 is 4.55 Å². The third kappa shape index (κ3) is 3.55. The maximum atomic E-state index is 14.2. The molecule has 0 saturated carbocycles. The standard InChI is InChI=1S/C18H15FN2O2S/c1-12-3-2-4-18(21-12)15-7-8-20-10-16(15)13-5-6-14(11-24(22)23)17(19)9-13/h2-10H,11H2,1H3,(H,22,23). The van der Waals surface area contributed by atoms with Crippen molar-refractivity contribution in [3.63, 3.8) is 0 Å². The molecule has 1 atom stereocenters. The Balaban J connectivity index is 2.08. The molecule has 1 unspecified atom stereocenters. The topological polar surface area (TPSA) is 63.1 Å². The Labute approximate surface area is 141 Å². The Morgan fingerprint density at radius 1 is 1.17 bits per heavy atom. The minimum atomic E-state index is -2.08. The summed E-state index contributed by atoms with van der Waals surface area (Å²) in [4.78, 5) is 8.65. The van der Waals surface area contributed by atoms with Crippen LogP contribution in [-0.4, -0.2) is 18.7 Å². The first-order valence-corrected chi connectivity index (χ1v) is 8.56. The molecule has 1 aromatic carbocycles. The van der Waals surface area contributed by atoms with Crippen molar-refractivity contribution in [2.24, 2.45) is 0 Å². The van der Waals surface area contributed by atoms with Gasteiger partial charge in [0.05, 0.1) is 11.4 Å². The molecule has 0 radical (unpaired) electrons. The van der Waals surface area contributed by atoms with Crippen LogP contribution in [0.1, 0.15) is 11.3 Å². The molecular weight excluding hydrogens is 327 g/mol. The molecule has 0 bridgehead atoms. The van der Waals surface area contributed by atoms with E-state index >= 15 is 0 Å². The molecule has 4 nitrogen and oxygen atoms in total. The van der Waals surface area contributed by atoms with Gasteiger partial charge in [0.1, 0.15) is 5.82 Å². The average Bonchev–Trinajstić information content (AvgIpc) is 2.56. The summed E-state index contributed by atoms with van der Waals surface area (Å²) >= 11 is -2.08. The molecule has 3 rings (SSSR count). The fourth-order valence-corrected chi connectivity index (χ4v) is 3.01. The third-order valence-corrected chi connectivity index (χ3v) is 4.19. The minimum absolute atomic E-state index is 0.207. The number of halogens is 1. The molecule has 122 valence electrons. The van der Waals surface area contributed by atoms with E-state index in [9.17, 15) is 8.60 Å². The highest BCUT2D eigenvalue weighted by molar-refractivity contribution is 7.78. The summed E-state index contributed by atoms with van der Waals surface area (Å²) in [6.07, 6.45) is 3.33. The molecule has 24 heavy (non-hydrogen) atoms. The SMILES string of the molecule is Cc1cccc(-c2ccncc2-c2ccc(CS(=O)O)c(F)c2)n1. The fraction of sp³-hybridized carbons (Fsp3) is 0.111. The van der Waals surface area contributed by atoms with Gasteiger partial charge in [-0.2, -0.15) is 0 Å². The Bertz CT molecular complexity index is 915. The average molecular weight is 342 g/mol. The van der Waals surface area contributed by atoms with Crippen LogP contribution in [0.15, 0.2) is 54.9 Å². The van der Waals surface area contributed by atoms with E-state index in [1.54, 1.807) is 18.5 Å². The van der Waals surface area contributed by atoms with Crippen LogP contribution in [0.5, 0.6) is 0 Å². The summed E-state index contributed by atoms with van der Waals surface area (Å²) in [5, 5.41) is 0. The lowest BCUT2D eigenvalue weighted by atomic mass is 9.98. The Hall–Kier alpha value is -2.44. The molecule has 3 aromatic rings. The predicted octanol–water partition coefficient (Wildman–Crippen LogP) is 3.98. The summed E-state index contributed by atoms with van der Waals surface area (Å²) in [6, 6.07) is 12.2. The first-order valence-electron chi connectivity index (χ1n) is 7.29. The molecule has 0 fully saturated rings. The van der Waals surface area contributed by atoms with Crippen molar-refractivity contribution in [2.45, 2.75) is 12.7 Å². The van der Waals surface area contributed by atoms with Gasteiger partial charge in [0.2, 0.25) is 0 Å². The molecule has 0 aliphatic rings. The van der Waals surface area contributed by atoms with E-state index in [-0.39, 0.29) is 11.3 Å². The van der Waals surface area contributed by atoms with Gasteiger partial charge in [-0.3, -0.25) is 9.97 Å². The monoisotopic (exact) mass is 342 g/mol. The van der Waals surface area contributed by atoms with Gasteiger partial charge in [-0.15, -0.1) is 0 Å². The van der Waals surface area contributed by atoms with Crippen LogP contribution in [0.2, 0.25) is 0 Å². The molecule has 0 aliphatic heterocycles. The molecule has 2 heterocycles. The maximum absolute atomic E-state index is 14.2. The molecule has 0 amide bonds. The Morgan fingerprint density at radius 3 is 2.71 bits per heavy atom. The zero-order valence-electron chi connectivity index (χ0n) is 12.9. The lowest BCUT2D eigenvalue weighted by Crippen LogP contribution is -1.97. The van der Waals surface area contributed by atoms with Gasteiger partial charge in [0.15, 0.2) is 11.1 Å². The van der Waals surface area contributed by atoms with Crippen molar-refractivity contribution in [3.8, 4) is 22.4 Å². The summed E-state index contributed by atoms with van der Waals surface area (Å²) in [7, 11) is 0. The lowest BCUT2D eigenvalue weighted by molar-refractivity contribution is 0.559. The summed E-state index contributed by atoms with van der Waals surface area (Å²) in [5.41, 5.74) is 4.14.